The SMILES string of the molecule is C[C@H]1c2[nH]c3ccccc3c2CCN1C(=O)CCCNC(=O)C(C)(C)C. The van der Waals surface area contributed by atoms with Crippen molar-refractivity contribution in [3.05, 3.63) is 35.5 Å². The highest BCUT2D eigenvalue weighted by Gasteiger charge is 2.30. The van der Waals surface area contributed by atoms with Crippen LogP contribution < -0.4 is 5.32 Å². The number of hydrogen-bond acceptors (Lipinski definition) is 2. The van der Waals surface area contributed by atoms with E-state index >= 15 is 0 Å². The van der Waals surface area contributed by atoms with Crippen LogP contribution in [0.1, 0.15) is 57.8 Å². The van der Waals surface area contributed by atoms with Crippen molar-refractivity contribution in [3.8, 4) is 0 Å². The van der Waals surface area contributed by atoms with Gasteiger partial charge in [-0.1, -0.05) is 39.0 Å². The van der Waals surface area contributed by atoms with Gasteiger partial charge in [-0.05, 0) is 31.4 Å². The Kier molecular flexibility index (Phi) is 5.08. The van der Waals surface area contributed by atoms with Crippen LogP contribution >= 0.6 is 0 Å². The van der Waals surface area contributed by atoms with E-state index in [2.05, 4.69) is 35.4 Å². The summed E-state index contributed by atoms with van der Waals surface area (Å²) in [6.45, 7) is 9.06. The Bertz CT molecular complexity index is 816. The van der Waals surface area contributed by atoms with Crippen LogP contribution in [0.2, 0.25) is 0 Å². The molecule has 1 atom stereocenters. The number of fused-ring (bicyclic) bond motifs is 3. The molecule has 0 aliphatic carbocycles. The van der Waals surface area contributed by atoms with Gasteiger partial charge in [0.25, 0.3) is 0 Å². The smallest absolute Gasteiger partial charge is 0.225 e. The Morgan fingerprint density at radius 2 is 2.00 bits per heavy atom. The van der Waals surface area contributed by atoms with Gasteiger partial charge in [-0.2, -0.15) is 0 Å². The number of benzene rings is 1. The summed E-state index contributed by atoms with van der Waals surface area (Å²) in [6, 6.07) is 8.38. The fourth-order valence-electron chi connectivity index (χ4n) is 3.62. The van der Waals surface area contributed by atoms with Crippen LogP contribution in [0.5, 0.6) is 0 Å². The van der Waals surface area contributed by atoms with Crippen molar-refractivity contribution in [2.75, 3.05) is 13.1 Å². The molecule has 5 nitrogen and oxygen atoms in total. The lowest BCUT2D eigenvalue weighted by molar-refractivity contribution is -0.134. The highest BCUT2D eigenvalue weighted by Crippen LogP contribution is 2.34. The Morgan fingerprint density at radius 3 is 2.73 bits per heavy atom. The van der Waals surface area contributed by atoms with Crippen molar-refractivity contribution in [1.29, 1.82) is 0 Å². The van der Waals surface area contributed by atoms with E-state index in [1.54, 1.807) is 0 Å². The molecule has 5 heteroatoms. The predicted molar refractivity (Wildman–Crippen MR) is 104 cm³/mol. The van der Waals surface area contributed by atoms with Gasteiger partial charge in [0, 0.05) is 41.5 Å². The van der Waals surface area contributed by atoms with Crippen molar-refractivity contribution in [2.45, 2.75) is 53.0 Å². The first kappa shape index (κ1) is 18.5. The van der Waals surface area contributed by atoms with Gasteiger partial charge in [-0.25, -0.2) is 0 Å². The number of rotatable bonds is 4. The first-order valence-corrected chi connectivity index (χ1v) is 9.46. The number of aromatic nitrogens is 1. The minimum Gasteiger partial charge on any atom is -0.356 e. The maximum atomic E-state index is 12.7. The standard InChI is InChI=1S/C21H29N3O2/c1-14-19-16(15-8-5-6-9-17(15)23-19)11-13-24(14)18(25)10-7-12-22-20(26)21(2,3)4/h5-6,8-9,14,23H,7,10-13H2,1-4H3,(H,22,26)/t14-/m0/s1. The molecule has 1 aromatic heterocycles. The van der Waals surface area contributed by atoms with Crippen LogP contribution in [-0.2, 0) is 16.0 Å². The summed E-state index contributed by atoms with van der Waals surface area (Å²) in [6.07, 6.45) is 2.02. The number of aromatic amines is 1. The van der Waals surface area contributed by atoms with E-state index < -0.39 is 5.41 Å². The zero-order valence-corrected chi connectivity index (χ0v) is 16.2. The zero-order chi connectivity index (χ0) is 18.9. The number of hydrogen-bond donors (Lipinski definition) is 2. The summed E-state index contributed by atoms with van der Waals surface area (Å²) in [4.78, 5) is 30.0. The second-order valence-electron chi connectivity index (χ2n) is 8.19. The van der Waals surface area contributed by atoms with E-state index in [4.69, 9.17) is 0 Å². The summed E-state index contributed by atoms with van der Waals surface area (Å²) in [5.74, 6) is 0.186. The second kappa shape index (κ2) is 7.14. The molecule has 2 heterocycles. The minimum atomic E-state index is -0.391. The Morgan fingerprint density at radius 1 is 1.27 bits per heavy atom. The Balaban J connectivity index is 1.58. The summed E-state index contributed by atoms with van der Waals surface area (Å²) in [5, 5.41) is 4.18. The van der Waals surface area contributed by atoms with Crippen LogP contribution in [0, 0.1) is 5.41 Å². The van der Waals surface area contributed by atoms with Gasteiger partial charge in [0.15, 0.2) is 0 Å². The molecular weight excluding hydrogens is 326 g/mol. The van der Waals surface area contributed by atoms with Crippen LogP contribution in [0.15, 0.2) is 24.3 Å². The summed E-state index contributed by atoms with van der Waals surface area (Å²) in [5.41, 5.74) is 3.25. The molecule has 2 amide bonds. The average Bonchev–Trinajstić information content (AvgIpc) is 2.97. The highest BCUT2D eigenvalue weighted by atomic mass is 16.2. The average molecular weight is 355 g/mol. The quantitative estimate of drug-likeness (QED) is 0.824. The van der Waals surface area contributed by atoms with Crippen LogP contribution in [-0.4, -0.2) is 34.8 Å². The Hall–Kier alpha value is -2.30. The van der Waals surface area contributed by atoms with Crippen LogP contribution in [0.4, 0.5) is 0 Å². The molecule has 0 fully saturated rings. The molecule has 0 unspecified atom stereocenters. The molecule has 1 aromatic carbocycles. The predicted octanol–water partition coefficient (Wildman–Crippen LogP) is 3.56. The van der Waals surface area contributed by atoms with Crippen molar-refractivity contribution < 1.29 is 9.59 Å². The fraction of sp³-hybridized carbons (Fsp3) is 0.524. The lowest BCUT2D eigenvalue weighted by Gasteiger charge is -2.33. The molecule has 1 aliphatic heterocycles. The molecule has 0 spiro atoms. The molecule has 0 bridgehead atoms. The second-order valence-corrected chi connectivity index (χ2v) is 8.19. The lowest BCUT2D eigenvalue weighted by atomic mass is 9.95. The van der Waals surface area contributed by atoms with Gasteiger partial charge in [0.05, 0.1) is 6.04 Å². The fourth-order valence-corrected chi connectivity index (χ4v) is 3.62. The number of nitrogens with one attached hydrogen (secondary N) is 2. The van der Waals surface area contributed by atoms with Gasteiger partial charge in [0.1, 0.15) is 0 Å². The molecule has 1 aliphatic rings. The van der Waals surface area contributed by atoms with E-state index in [1.807, 2.05) is 31.7 Å². The van der Waals surface area contributed by atoms with Gasteiger partial charge in [-0.3, -0.25) is 9.59 Å². The third-order valence-corrected chi connectivity index (χ3v) is 5.19. The van der Waals surface area contributed by atoms with E-state index in [9.17, 15) is 9.59 Å². The first-order chi connectivity index (χ1) is 12.3. The minimum absolute atomic E-state index is 0.0269. The summed E-state index contributed by atoms with van der Waals surface area (Å²) < 4.78 is 0. The maximum absolute atomic E-state index is 12.7. The van der Waals surface area contributed by atoms with Gasteiger partial charge < -0.3 is 15.2 Å². The molecule has 2 aromatic rings. The summed E-state index contributed by atoms with van der Waals surface area (Å²) in [7, 11) is 0. The third-order valence-electron chi connectivity index (χ3n) is 5.19. The molecule has 0 radical (unpaired) electrons. The molecule has 26 heavy (non-hydrogen) atoms. The number of nitrogens with zero attached hydrogens (tertiary/aromatic N) is 1. The first-order valence-electron chi connectivity index (χ1n) is 9.46. The van der Waals surface area contributed by atoms with Crippen LogP contribution in [0.3, 0.4) is 0 Å². The Labute approximate surface area is 155 Å². The van der Waals surface area contributed by atoms with E-state index in [0.29, 0.717) is 19.4 Å². The number of carbonyl (C=O) groups is 2. The molecule has 140 valence electrons. The molecule has 0 saturated carbocycles. The van der Waals surface area contributed by atoms with E-state index in [0.717, 1.165) is 24.2 Å². The van der Waals surface area contributed by atoms with Crippen molar-refractivity contribution in [3.63, 3.8) is 0 Å². The molecule has 3 rings (SSSR count). The number of para-hydroxylation sites is 1. The normalized spacial score (nSPS) is 17.2. The number of amides is 2. The maximum Gasteiger partial charge on any atom is 0.225 e. The van der Waals surface area contributed by atoms with Gasteiger partial charge in [0.2, 0.25) is 11.8 Å². The van der Waals surface area contributed by atoms with Crippen molar-refractivity contribution >= 4 is 22.7 Å². The largest absolute Gasteiger partial charge is 0.356 e. The molecule has 2 N–H and O–H groups in total. The monoisotopic (exact) mass is 355 g/mol. The van der Waals surface area contributed by atoms with Gasteiger partial charge >= 0.3 is 0 Å². The number of H-pyrrole nitrogens is 1. The van der Waals surface area contributed by atoms with E-state index in [-0.39, 0.29) is 17.9 Å². The topological polar surface area (TPSA) is 65.2 Å². The van der Waals surface area contributed by atoms with Gasteiger partial charge in [-0.15, -0.1) is 0 Å². The third kappa shape index (κ3) is 3.62. The summed E-state index contributed by atoms with van der Waals surface area (Å²) >= 11 is 0. The lowest BCUT2D eigenvalue weighted by Crippen LogP contribution is -2.39. The van der Waals surface area contributed by atoms with Crippen molar-refractivity contribution in [2.24, 2.45) is 5.41 Å². The number of carbonyl (C=O) groups excluding carboxylic acids is 2. The van der Waals surface area contributed by atoms with Crippen molar-refractivity contribution in [1.82, 2.24) is 15.2 Å². The highest BCUT2D eigenvalue weighted by molar-refractivity contribution is 5.86. The molecule has 0 saturated heterocycles. The zero-order valence-electron chi connectivity index (χ0n) is 16.2. The van der Waals surface area contributed by atoms with E-state index in [1.165, 1.54) is 10.9 Å². The van der Waals surface area contributed by atoms with Crippen LogP contribution in [0.25, 0.3) is 10.9 Å². The molecular formula is C21H29N3O2.